The largest absolute Gasteiger partial charge is 0.453 e. The van der Waals surface area contributed by atoms with Gasteiger partial charge in [0.2, 0.25) is 0 Å². The maximum atomic E-state index is 8.88. The number of oxime groups is 1. The third-order valence-electron chi connectivity index (χ3n) is 2.48. The van der Waals surface area contributed by atoms with Crippen molar-refractivity contribution in [2.24, 2.45) is 17.9 Å². The molecule has 0 aliphatic heterocycles. The summed E-state index contributed by atoms with van der Waals surface area (Å²) in [6.07, 6.45) is 5.25. The highest BCUT2D eigenvalue weighted by atomic mass is 32.2. The summed E-state index contributed by atoms with van der Waals surface area (Å²) in [5, 5.41) is 16.0. The lowest BCUT2D eigenvalue weighted by Gasteiger charge is -2.12. The minimum absolute atomic E-state index is 0.0174. The van der Waals surface area contributed by atoms with Crippen molar-refractivity contribution >= 4 is 17.6 Å². The first kappa shape index (κ1) is 13.3. The fraction of sp³-hybridized carbons (Fsp3) is 0.167. The lowest BCUT2D eigenvalue weighted by atomic mass is 10.2. The molecule has 3 N–H and O–H groups in total. The fourth-order valence-electron chi connectivity index (χ4n) is 1.65. The summed E-state index contributed by atoms with van der Waals surface area (Å²) >= 11 is 1.50. The Morgan fingerprint density at radius 1 is 1.53 bits per heavy atom. The highest BCUT2D eigenvalue weighted by molar-refractivity contribution is 7.98. The monoisotopic (exact) mass is 278 g/mol. The van der Waals surface area contributed by atoms with Crippen molar-refractivity contribution in [2.45, 2.75) is 4.90 Å². The van der Waals surface area contributed by atoms with Gasteiger partial charge in [-0.2, -0.15) is 5.10 Å². The second-order valence-corrected chi connectivity index (χ2v) is 4.62. The van der Waals surface area contributed by atoms with Crippen LogP contribution in [0.1, 0.15) is 5.56 Å². The van der Waals surface area contributed by atoms with Crippen LogP contribution in [0.4, 0.5) is 0 Å². The molecule has 1 aromatic carbocycles. The molecular weight excluding hydrogens is 264 g/mol. The second-order valence-electron chi connectivity index (χ2n) is 3.77. The summed E-state index contributed by atoms with van der Waals surface area (Å²) in [5.41, 5.74) is 6.29. The van der Waals surface area contributed by atoms with Crippen molar-refractivity contribution in [1.82, 2.24) is 9.78 Å². The Labute approximate surface area is 114 Å². The minimum Gasteiger partial charge on any atom is -0.453 e. The van der Waals surface area contributed by atoms with Gasteiger partial charge in [0, 0.05) is 11.9 Å². The Morgan fingerprint density at radius 3 is 2.89 bits per heavy atom. The smallest absolute Gasteiger partial charge is 0.175 e. The summed E-state index contributed by atoms with van der Waals surface area (Å²) in [5.74, 6) is 1.13. The van der Waals surface area contributed by atoms with Crippen LogP contribution in [-0.2, 0) is 7.05 Å². The number of nitrogens with two attached hydrogens (primary N) is 1. The van der Waals surface area contributed by atoms with Gasteiger partial charge in [-0.3, -0.25) is 4.68 Å². The molecule has 1 aromatic heterocycles. The van der Waals surface area contributed by atoms with Crippen molar-refractivity contribution in [3.8, 4) is 11.5 Å². The Hall–Kier alpha value is -2.15. The highest BCUT2D eigenvalue weighted by Crippen LogP contribution is 2.31. The standard InChI is InChI=1S/C12H14N4O2S/c1-16-7-8(6-14-16)18-9-4-3-5-10(19-2)11(9)12(13)15-17/h3-7,17H,1-2H3,(H2,13,15). The van der Waals surface area contributed by atoms with Gasteiger partial charge in [0.25, 0.3) is 0 Å². The minimum atomic E-state index is 0.0174. The van der Waals surface area contributed by atoms with E-state index in [2.05, 4.69) is 10.3 Å². The van der Waals surface area contributed by atoms with Gasteiger partial charge in [-0.25, -0.2) is 0 Å². The van der Waals surface area contributed by atoms with Crippen LogP contribution in [0.15, 0.2) is 40.6 Å². The van der Waals surface area contributed by atoms with Crippen molar-refractivity contribution in [2.75, 3.05) is 6.26 Å². The number of aromatic nitrogens is 2. The van der Waals surface area contributed by atoms with Gasteiger partial charge in [-0.1, -0.05) is 11.2 Å². The third-order valence-corrected chi connectivity index (χ3v) is 3.26. The van der Waals surface area contributed by atoms with Crippen molar-refractivity contribution in [1.29, 1.82) is 0 Å². The van der Waals surface area contributed by atoms with Gasteiger partial charge < -0.3 is 15.7 Å². The van der Waals surface area contributed by atoms with E-state index in [0.29, 0.717) is 17.1 Å². The van der Waals surface area contributed by atoms with E-state index in [0.717, 1.165) is 4.90 Å². The van der Waals surface area contributed by atoms with E-state index in [1.54, 1.807) is 30.2 Å². The molecule has 7 heteroatoms. The van der Waals surface area contributed by atoms with E-state index in [1.807, 2.05) is 18.4 Å². The van der Waals surface area contributed by atoms with Crippen molar-refractivity contribution < 1.29 is 9.94 Å². The Bertz CT molecular complexity index is 610. The van der Waals surface area contributed by atoms with Gasteiger partial charge in [0.05, 0.1) is 18.0 Å². The molecule has 1 heterocycles. The first-order chi connectivity index (χ1) is 9.15. The molecule has 0 spiro atoms. The van der Waals surface area contributed by atoms with Crippen LogP contribution in [0.3, 0.4) is 0 Å². The van der Waals surface area contributed by atoms with Gasteiger partial charge >= 0.3 is 0 Å². The van der Waals surface area contributed by atoms with E-state index in [-0.39, 0.29) is 5.84 Å². The zero-order chi connectivity index (χ0) is 13.8. The number of hydrogen-bond acceptors (Lipinski definition) is 5. The molecule has 19 heavy (non-hydrogen) atoms. The van der Waals surface area contributed by atoms with E-state index in [1.165, 1.54) is 11.8 Å². The van der Waals surface area contributed by atoms with Crippen molar-refractivity contribution in [3.63, 3.8) is 0 Å². The number of hydrogen-bond donors (Lipinski definition) is 2. The van der Waals surface area contributed by atoms with Gasteiger partial charge in [-0.05, 0) is 18.4 Å². The number of benzene rings is 1. The molecular formula is C12H14N4O2S. The molecule has 0 saturated carbocycles. The molecule has 6 nitrogen and oxygen atoms in total. The molecule has 2 rings (SSSR count). The summed E-state index contributed by atoms with van der Waals surface area (Å²) in [4.78, 5) is 0.872. The van der Waals surface area contributed by atoms with Crippen LogP contribution < -0.4 is 10.5 Å². The molecule has 0 atom stereocenters. The number of ether oxygens (including phenoxy) is 1. The number of rotatable bonds is 4. The predicted octanol–water partition coefficient (Wildman–Crippen LogP) is 2.03. The summed E-state index contributed by atoms with van der Waals surface area (Å²) in [7, 11) is 1.80. The molecule has 0 bridgehead atoms. The normalized spacial score (nSPS) is 11.6. The first-order valence-corrected chi connectivity index (χ1v) is 6.69. The van der Waals surface area contributed by atoms with E-state index >= 15 is 0 Å². The maximum absolute atomic E-state index is 8.88. The Morgan fingerprint density at radius 2 is 2.32 bits per heavy atom. The van der Waals surface area contributed by atoms with E-state index in [4.69, 9.17) is 15.7 Å². The van der Waals surface area contributed by atoms with Crippen LogP contribution in [0, 0.1) is 0 Å². The van der Waals surface area contributed by atoms with Gasteiger partial charge in [0.15, 0.2) is 11.6 Å². The molecule has 2 aromatic rings. The average molecular weight is 278 g/mol. The molecule has 0 aliphatic rings. The highest BCUT2D eigenvalue weighted by Gasteiger charge is 2.14. The van der Waals surface area contributed by atoms with Crippen LogP contribution in [-0.4, -0.2) is 27.1 Å². The Balaban J connectivity index is 2.44. The molecule has 0 saturated heterocycles. The topological polar surface area (TPSA) is 85.7 Å². The molecule has 0 amide bonds. The lowest BCUT2D eigenvalue weighted by molar-refractivity contribution is 0.318. The zero-order valence-corrected chi connectivity index (χ0v) is 11.4. The average Bonchev–Trinajstić information content (AvgIpc) is 2.83. The molecule has 0 fully saturated rings. The van der Waals surface area contributed by atoms with E-state index < -0.39 is 0 Å². The molecule has 0 radical (unpaired) electrons. The van der Waals surface area contributed by atoms with Gasteiger partial charge in [0.1, 0.15) is 5.75 Å². The Kier molecular flexibility index (Phi) is 3.96. The summed E-state index contributed by atoms with van der Waals surface area (Å²) in [6, 6.07) is 5.50. The lowest BCUT2D eigenvalue weighted by Crippen LogP contribution is -2.15. The first-order valence-electron chi connectivity index (χ1n) is 5.47. The molecule has 0 aliphatic carbocycles. The quantitative estimate of drug-likeness (QED) is 0.294. The van der Waals surface area contributed by atoms with Crippen LogP contribution in [0.2, 0.25) is 0 Å². The second kappa shape index (κ2) is 5.66. The molecule has 100 valence electrons. The predicted molar refractivity (Wildman–Crippen MR) is 74.0 cm³/mol. The summed E-state index contributed by atoms with van der Waals surface area (Å²) < 4.78 is 7.36. The van der Waals surface area contributed by atoms with Crippen LogP contribution in [0.25, 0.3) is 0 Å². The number of amidine groups is 1. The number of nitrogens with zero attached hydrogens (tertiary/aromatic N) is 3. The van der Waals surface area contributed by atoms with Gasteiger partial charge in [-0.15, -0.1) is 11.8 Å². The maximum Gasteiger partial charge on any atom is 0.175 e. The SMILES string of the molecule is CSc1cccc(Oc2cnn(C)c2)c1/C(N)=N/O. The van der Waals surface area contributed by atoms with E-state index in [9.17, 15) is 0 Å². The number of aryl methyl sites for hydroxylation is 1. The van der Waals surface area contributed by atoms with Crippen molar-refractivity contribution in [3.05, 3.63) is 36.2 Å². The third kappa shape index (κ3) is 2.82. The van der Waals surface area contributed by atoms with Crippen LogP contribution >= 0.6 is 11.8 Å². The van der Waals surface area contributed by atoms with Crippen LogP contribution in [0.5, 0.6) is 11.5 Å². The zero-order valence-electron chi connectivity index (χ0n) is 10.6. The fourth-order valence-corrected chi connectivity index (χ4v) is 2.27. The number of thioether (sulfide) groups is 1. The molecule has 0 unspecified atom stereocenters. The summed E-state index contributed by atoms with van der Waals surface area (Å²) in [6.45, 7) is 0.